The van der Waals surface area contributed by atoms with Crippen molar-refractivity contribution in [2.24, 2.45) is 0 Å². The molecule has 1 heterocycles. The van der Waals surface area contributed by atoms with Gasteiger partial charge < -0.3 is 10.4 Å². The maximum Gasteiger partial charge on any atom is 0.300 e. The van der Waals surface area contributed by atoms with Crippen molar-refractivity contribution in [3.8, 4) is 0 Å². The van der Waals surface area contributed by atoms with Gasteiger partial charge in [-0.05, 0) is 48.5 Å². The SMILES string of the molecule is CC(=O)O.N=C1NC(=N)c2c(Sc3ccccc3)c(Sc3ccccc3)c(Sc3ccccc3)c(Sc3ccccc3)c21. The molecule has 0 atom stereocenters. The lowest BCUT2D eigenvalue weighted by Crippen LogP contribution is -2.20. The highest BCUT2D eigenvalue weighted by atomic mass is 32.2. The molecule has 9 heteroatoms. The fraction of sp³-hybridized carbons (Fsp3) is 0.0294. The Hall–Kier alpha value is -3.89. The third-order valence-corrected chi connectivity index (χ3v) is 10.8. The highest BCUT2D eigenvalue weighted by Gasteiger charge is 2.34. The maximum atomic E-state index is 9.00. The number of amidine groups is 2. The van der Waals surface area contributed by atoms with Crippen LogP contribution in [0.5, 0.6) is 0 Å². The van der Waals surface area contributed by atoms with Crippen LogP contribution in [0, 0.1) is 10.8 Å². The number of carbonyl (C=O) groups is 1. The molecular weight excluding hydrogens is 611 g/mol. The first-order chi connectivity index (χ1) is 20.9. The van der Waals surface area contributed by atoms with Gasteiger partial charge >= 0.3 is 0 Å². The molecule has 0 saturated carbocycles. The van der Waals surface area contributed by atoms with Gasteiger partial charge in [0.15, 0.2) is 0 Å². The van der Waals surface area contributed by atoms with E-state index in [2.05, 4.69) is 78.1 Å². The molecule has 43 heavy (non-hydrogen) atoms. The summed E-state index contributed by atoms with van der Waals surface area (Å²) in [7, 11) is 0. The zero-order valence-corrected chi connectivity index (χ0v) is 26.3. The minimum Gasteiger partial charge on any atom is -0.481 e. The van der Waals surface area contributed by atoms with Crippen LogP contribution in [0.15, 0.2) is 160 Å². The van der Waals surface area contributed by atoms with E-state index < -0.39 is 5.97 Å². The van der Waals surface area contributed by atoms with E-state index in [0.29, 0.717) is 0 Å². The Bertz CT molecular complexity index is 1620. The predicted octanol–water partition coefficient (Wildman–Crippen LogP) is 9.64. The third kappa shape index (κ3) is 7.74. The Morgan fingerprint density at radius 2 is 0.744 bits per heavy atom. The van der Waals surface area contributed by atoms with Crippen LogP contribution < -0.4 is 5.32 Å². The minimum absolute atomic E-state index is 0.273. The number of aliphatic carboxylic acids is 1. The molecule has 0 amide bonds. The molecule has 1 aliphatic heterocycles. The summed E-state index contributed by atoms with van der Waals surface area (Å²) in [6.45, 7) is 1.08. The molecule has 1 aliphatic rings. The van der Waals surface area contributed by atoms with Crippen molar-refractivity contribution >= 4 is 64.7 Å². The molecule has 5 aromatic carbocycles. The molecule has 0 fully saturated rings. The first-order valence-electron chi connectivity index (χ1n) is 13.2. The molecule has 6 rings (SSSR count). The quantitative estimate of drug-likeness (QED) is 0.135. The number of fused-ring (bicyclic) bond motifs is 1. The molecule has 0 radical (unpaired) electrons. The standard InChI is InChI=1S/C32H23N3S4.C2H4O2/c33-31-25-26(32(34)35-31)28(37-22-15-7-2-8-16-22)30(39-24-19-11-4-12-20-24)29(38-23-17-9-3-10-18-23)27(25)36-21-13-5-1-6-14-21;1-2(3)4/h1-20H,(H3,33,34,35);1H3,(H,3,4). The summed E-state index contributed by atoms with van der Waals surface area (Å²) in [5.41, 5.74) is 1.59. The fourth-order valence-electron chi connectivity index (χ4n) is 4.19. The van der Waals surface area contributed by atoms with Gasteiger partial charge in [-0.3, -0.25) is 15.6 Å². The van der Waals surface area contributed by atoms with Crippen LogP contribution in [0.25, 0.3) is 0 Å². The lowest BCUT2D eigenvalue weighted by atomic mass is 10.1. The summed E-state index contributed by atoms with van der Waals surface area (Å²) in [6, 6.07) is 41.4. The highest BCUT2D eigenvalue weighted by molar-refractivity contribution is 8.05. The second-order valence-electron chi connectivity index (χ2n) is 9.12. The highest BCUT2D eigenvalue weighted by Crippen LogP contribution is 2.54. The van der Waals surface area contributed by atoms with E-state index in [-0.39, 0.29) is 11.7 Å². The fourth-order valence-corrected chi connectivity index (χ4v) is 8.97. The van der Waals surface area contributed by atoms with Gasteiger partial charge in [0.2, 0.25) is 0 Å². The lowest BCUT2D eigenvalue weighted by Gasteiger charge is -2.22. The number of carboxylic acid groups (broad SMARTS) is 1. The smallest absolute Gasteiger partial charge is 0.300 e. The van der Waals surface area contributed by atoms with Crippen molar-refractivity contribution in [1.29, 1.82) is 10.8 Å². The Labute approximate surface area is 267 Å². The van der Waals surface area contributed by atoms with Gasteiger partial charge in [0, 0.05) is 57.2 Å². The summed E-state index contributed by atoms with van der Waals surface area (Å²) >= 11 is 6.77. The topological polar surface area (TPSA) is 97.0 Å². The van der Waals surface area contributed by atoms with E-state index in [0.717, 1.165) is 57.2 Å². The van der Waals surface area contributed by atoms with Gasteiger partial charge in [0.1, 0.15) is 11.7 Å². The third-order valence-electron chi connectivity index (χ3n) is 5.93. The molecule has 0 bridgehead atoms. The van der Waals surface area contributed by atoms with Crippen molar-refractivity contribution in [2.75, 3.05) is 0 Å². The molecule has 5 aromatic rings. The molecule has 0 aromatic heterocycles. The number of nitrogens with one attached hydrogen (secondary N) is 3. The first-order valence-corrected chi connectivity index (χ1v) is 16.5. The Morgan fingerprint density at radius 3 is 1.00 bits per heavy atom. The van der Waals surface area contributed by atoms with Crippen LogP contribution in [-0.4, -0.2) is 22.7 Å². The number of hydrogen-bond acceptors (Lipinski definition) is 7. The van der Waals surface area contributed by atoms with E-state index >= 15 is 0 Å². The minimum atomic E-state index is -0.833. The zero-order chi connectivity index (χ0) is 30.2. The molecule has 0 unspecified atom stereocenters. The van der Waals surface area contributed by atoms with Gasteiger partial charge in [0.25, 0.3) is 5.97 Å². The summed E-state index contributed by atoms with van der Waals surface area (Å²) in [4.78, 5) is 17.7. The molecular formula is C34H27N3O2S4. The number of benzene rings is 5. The largest absolute Gasteiger partial charge is 0.481 e. The van der Waals surface area contributed by atoms with Crippen molar-refractivity contribution in [3.05, 3.63) is 132 Å². The van der Waals surface area contributed by atoms with Crippen LogP contribution in [-0.2, 0) is 4.79 Å². The molecule has 5 nitrogen and oxygen atoms in total. The van der Waals surface area contributed by atoms with E-state index in [1.165, 1.54) is 0 Å². The Balaban J connectivity index is 0.000000868. The van der Waals surface area contributed by atoms with Gasteiger partial charge in [0.05, 0.1) is 0 Å². The number of carboxylic acids is 1. The van der Waals surface area contributed by atoms with Gasteiger partial charge in [-0.2, -0.15) is 0 Å². The predicted molar refractivity (Wildman–Crippen MR) is 179 cm³/mol. The van der Waals surface area contributed by atoms with Crippen molar-refractivity contribution < 1.29 is 9.90 Å². The van der Waals surface area contributed by atoms with E-state index in [1.54, 1.807) is 47.0 Å². The van der Waals surface area contributed by atoms with Crippen molar-refractivity contribution in [2.45, 2.75) is 46.1 Å². The number of rotatable bonds is 8. The van der Waals surface area contributed by atoms with Gasteiger partial charge in [-0.15, -0.1) is 0 Å². The van der Waals surface area contributed by atoms with E-state index in [1.807, 2.05) is 48.5 Å². The van der Waals surface area contributed by atoms with Crippen LogP contribution >= 0.6 is 47.0 Å². The summed E-state index contributed by atoms with van der Waals surface area (Å²) in [6.07, 6.45) is 0. The maximum absolute atomic E-state index is 9.00. The monoisotopic (exact) mass is 637 g/mol. The number of hydrogen-bond donors (Lipinski definition) is 4. The van der Waals surface area contributed by atoms with Crippen LogP contribution in [0.2, 0.25) is 0 Å². The molecule has 214 valence electrons. The summed E-state index contributed by atoms with van der Waals surface area (Å²) in [5, 5.41) is 28.3. The second-order valence-corrected chi connectivity index (χ2v) is 13.5. The van der Waals surface area contributed by atoms with E-state index in [9.17, 15) is 0 Å². The van der Waals surface area contributed by atoms with E-state index in [4.69, 9.17) is 20.7 Å². The van der Waals surface area contributed by atoms with Gasteiger partial charge in [-0.1, -0.05) is 120 Å². The molecule has 4 N–H and O–H groups in total. The zero-order valence-electron chi connectivity index (χ0n) is 23.0. The second kappa shape index (κ2) is 14.5. The van der Waals surface area contributed by atoms with Gasteiger partial charge in [-0.25, -0.2) is 0 Å². The van der Waals surface area contributed by atoms with Crippen LogP contribution in [0.3, 0.4) is 0 Å². The Kier molecular flexibility index (Phi) is 10.3. The summed E-state index contributed by atoms with van der Waals surface area (Å²) in [5.74, 6) is -0.288. The Morgan fingerprint density at radius 1 is 0.512 bits per heavy atom. The average Bonchev–Trinajstić information content (AvgIpc) is 3.31. The van der Waals surface area contributed by atoms with Crippen LogP contribution in [0.4, 0.5) is 0 Å². The van der Waals surface area contributed by atoms with Crippen LogP contribution in [0.1, 0.15) is 18.1 Å². The first kappa shape index (κ1) is 30.6. The molecule has 0 saturated heterocycles. The normalized spacial score (nSPS) is 11.7. The molecule has 0 aliphatic carbocycles. The lowest BCUT2D eigenvalue weighted by molar-refractivity contribution is -0.134. The van der Waals surface area contributed by atoms with Crippen molar-refractivity contribution in [3.63, 3.8) is 0 Å². The van der Waals surface area contributed by atoms with Crippen molar-refractivity contribution in [1.82, 2.24) is 5.32 Å². The average molecular weight is 638 g/mol. The molecule has 0 spiro atoms. The summed E-state index contributed by atoms with van der Waals surface area (Å²) < 4.78 is 0.